The van der Waals surface area contributed by atoms with E-state index in [2.05, 4.69) is 15.3 Å². The zero-order valence-electron chi connectivity index (χ0n) is 15.1. The van der Waals surface area contributed by atoms with Gasteiger partial charge in [-0.2, -0.15) is 0 Å². The molecular weight excluding hydrogens is 343 g/mol. The molecule has 2 amide bonds. The second kappa shape index (κ2) is 7.78. The van der Waals surface area contributed by atoms with Gasteiger partial charge >= 0.3 is 6.03 Å². The van der Waals surface area contributed by atoms with Gasteiger partial charge in [0, 0.05) is 24.7 Å². The molecule has 0 atom stereocenters. The van der Waals surface area contributed by atoms with Gasteiger partial charge in [-0.1, -0.05) is 31.0 Å². The van der Waals surface area contributed by atoms with E-state index in [-0.39, 0.29) is 17.9 Å². The van der Waals surface area contributed by atoms with Crippen LogP contribution < -0.4 is 5.32 Å². The Bertz CT molecular complexity index is 900. The van der Waals surface area contributed by atoms with Crippen LogP contribution in [0.3, 0.4) is 0 Å². The first-order valence-electron chi connectivity index (χ1n) is 9.46. The number of para-hydroxylation sites is 2. The Morgan fingerprint density at radius 3 is 2.78 bits per heavy atom. The SMILES string of the molecule is O=C(Nc1cccc(F)c1)N(CCc1nc2ccccc2[nH]1)C1CCCC1. The third kappa shape index (κ3) is 4.10. The maximum absolute atomic E-state index is 13.4. The number of anilines is 1. The molecule has 0 aliphatic heterocycles. The van der Waals surface area contributed by atoms with Crippen molar-refractivity contribution in [3.05, 3.63) is 60.2 Å². The van der Waals surface area contributed by atoms with E-state index in [1.807, 2.05) is 29.2 Å². The van der Waals surface area contributed by atoms with Crippen LogP contribution in [0.25, 0.3) is 11.0 Å². The van der Waals surface area contributed by atoms with Crippen LogP contribution in [0, 0.1) is 5.82 Å². The van der Waals surface area contributed by atoms with Gasteiger partial charge in [-0.05, 0) is 43.2 Å². The highest BCUT2D eigenvalue weighted by atomic mass is 19.1. The maximum atomic E-state index is 13.4. The van der Waals surface area contributed by atoms with Crippen LogP contribution in [0.5, 0.6) is 0 Å². The lowest BCUT2D eigenvalue weighted by atomic mass is 10.2. The van der Waals surface area contributed by atoms with Gasteiger partial charge in [0.05, 0.1) is 11.0 Å². The van der Waals surface area contributed by atoms with Gasteiger partial charge < -0.3 is 15.2 Å². The molecule has 0 spiro atoms. The Hall–Kier alpha value is -2.89. The third-order valence-electron chi connectivity index (χ3n) is 5.13. The minimum atomic E-state index is -0.359. The number of nitrogens with zero attached hydrogens (tertiary/aromatic N) is 2. The summed E-state index contributed by atoms with van der Waals surface area (Å²) >= 11 is 0. The van der Waals surface area contributed by atoms with Crippen molar-refractivity contribution in [1.82, 2.24) is 14.9 Å². The number of hydrogen-bond acceptors (Lipinski definition) is 2. The summed E-state index contributed by atoms with van der Waals surface area (Å²) in [6.45, 7) is 0.575. The standard InChI is InChI=1S/C21H23FN4O/c22-15-6-5-7-16(14-15)23-21(27)26(17-8-1-2-9-17)13-12-20-24-18-10-3-4-11-19(18)25-20/h3-7,10-11,14,17H,1-2,8-9,12-13H2,(H,23,27)(H,24,25). The van der Waals surface area contributed by atoms with Gasteiger partial charge in [0.25, 0.3) is 0 Å². The van der Waals surface area contributed by atoms with Crippen molar-refractivity contribution in [3.63, 3.8) is 0 Å². The highest BCUT2D eigenvalue weighted by Crippen LogP contribution is 2.25. The fourth-order valence-corrected chi connectivity index (χ4v) is 3.78. The van der Waals surface area contributed by atoms with E-state index >= 15 is 0 Å². The van der Waals surface area contributed by atoms with Crippen LogP contribution in [0.15, 0.2) is 48.5 Å². The molecule has 0 saturated heterocycles. The lowest BCUT2D eigenvalue weighted by molar-refractivity contribution is 0.189. The van der Waals surface area contributed by atoms with E-state index in [9.17, 15) is 9.18 Å². The molecule has 3 aromatic rings. The quantitative estimate of drug-likeness (QED) is 0.686. The number of amides is 2. The molecule has 1 aliphatic carbocycles. The van der Waals surface area contributed by atoms with Crippen LogP contribution in [-0.2, 0) is 6.42 Å². The number of halogens is 1. The fraction of sp³-hybridized carbons (Fsp3) is 0.333. The highest BCUT2D eigenvalue weighted by molar-refractivity contribution is 5.89. The number of carbonyl (C=O) groups is 1. The first kappa shape index (κ1) is 17.5. The average Bonchev–Trinajstić information content (AvgIpc) is 3.31. The van der Waals surface area contributed by atoms with Crippen LogP contribution in [0.2, 0.25) is 0 Å². The van der Waals surface area contributed by atoms with Gasteiger partial charge in [0.15, 0.2) is 0 Å². The second-order valence-corrected chi connectivity index (χ2v) is 7.02. The first-order chi connectivity index (χ1) is 13.2. The minimum Gasteiger partial charge on any atom is -0.342 e. The van der Waals surface area contributed by atoms with E-state index in [4.69, 9.17) is 0 Å². The van der Waals surface area contributed by atoms with E-state index in [0.29, 0.717) is 18.7 Å². The fourth-order valence-electron chi connectivity index (χ4n) is 3.78. The number of aromatic nitrogens is 2. The van der Waals surface area contributed by atoms with Crippen molar-refractivity contribution < 1.29 is 9.18 Å². The van der Waals surface area contributed by atoms with Crippen LogP contribution in [-0.4, -0.2) is 33.5 Å². The van der Waals surface area contributed by atoms with Crippen molar-refractivity contribution in [2.24, 2.45) is 0 Å². The van der Waals surface area contributed by atoms with Gasteiger partial charge in [-0.25, -0.2) is 14.2 Å². The number of carbonyl (C=O) groups excluding carboxylic acids is 1. The molecule has 2 aromatic carbocycles. The molecule has 1 aliphatic rings. The number of nitrogens with one attached hydrogen (secondary N) is 2. The Balaban J connectivity index is 1.47. The molecule has 0 unspecified atom stereocenters. The normalized spacial score (nSPS) is 14.6. The van der Waals surface area contributed by atoms with Crippen molar-refractivity contribution in [2.45, 2.75) is 38.1 Å². The molecule has 140 valence electrons. The number of urea groups is 1. The van der Waals surface area contributed by atoms with Gasteiger partial charge in [0.1, 0.15) is 11.6 Å². The summed E-state index contributed by atoms with van der Waals surface area (Å²) in [5.74, 6) is 0.514. The van der Waals surface area contributed by atoms with Crippen molar-refractivity contribution in [3.8, 4) is 0 Å². The summed E-state index contributed by atoms with van der Waals surface area (Å²) < 4.78 is 13.4. The zero-order valence-corrected chi connectivity index (χ0v) is 15.1. The van der Waals surface area contributed by atoms with E-state index in [0.717, 1.165) is 42.5 Å². The monoisotopic (exact) mass is 366 g/mol. The molecular formula is C21H23FN4O. The highest BCUT2D eigenvalue weighted by Gasteiger charge is 2.27. The zero-order chi connectivity index (χ0) is 18.6. The summed E-state index contributed by atoms with van der Waals surface area (Å²) in [6, 6.07) is 14.0. The number of aromatic amines is 1. The number of fused-ring (bicyclic) bond motifs is 1. The molecule has 27 heavy (non-hydrogen) atoms. The Morgan fingerprint density at radius 2 is 2.00 bits per heavy atom. The number of imidazole rings is 1. The Labute approximate surface area is 157 Å². The molecule has 1 fully saturated rings. The Morgan fingerprint density at radius 1 is 1.19 bits per heavy atom. The summed E-state index contributed by atoms with van der Waals surface area (Å²) in [6.07, 6.45) is 4.95. The van der Waals surface area contributed by atoms with Crippen LogP contribution in [0.1, 0.15) is 31.5 Å². The average molecular weight is 366 g/mol. The molecule has 1 aromatic heterocycles. The third-order valence-corrected chi connectivity index (χ3v) is 5.13. The first-order valence-corrected chi connectivity index (χ1v) is 9.46. The summed E-state index contributed by atoms with van der Waals surface area (Å²) in [7, 11) is 0. The minimum absolute atomic E-state index is 0.177. The van der Waals surface area contributed by atoms with Gasteiger partial charge in [-0.3, -0.25) is 0 Å². The largest absolute Gasteiger partial charge is 0.342 e. The molecule has 1 saturated carbocycles. The number of benzene rings is 2. The molecule has 1 heterocycles. The van der Waals surface area contributed by atoms with Gasteiger partial charge in [0.2, 0.25) is 0 Å². The Kier molecular flexibility index (Phi) is 5.05. The maximum Gasteiger partial charge on any atom is 0.322 e. The summed E-state index contributed by atoms with van der Waals surface area (Å²) in [5.41, 5.74) is 2.42. The number of hydrogen-bond donors (Lipinski definition) is 2. The molecule has 2 N–H and O–H groups in total. The van der Waals surface area contributed by atoms with Crippen LogP contribution in [0.4, 0.5) is 14.9 Å². The lowest BCUT2D eigenvalue weighted by Gasteiger charge is -2.29. The summed E-state index contributed by atoms with van der Waals surface area (Å²) in [4.78, 5) is 22.7. The smallest absolute Gasteiger partial charge is 0.322 e. The van der Waals surface area contributed by atoms with Crippen LogP contribution >= 0.6 is 0 Å². The van der Waals surface area contributed by atoms with Crippen molar-refractivity contribution in [1.29, 1.82) is 0 Å². The predicted octanol–water partition coefficient (Wildman–Crippen LogP) is 4.72. The molecule has 5 nitrogen and oxygen atoms in total. The van der Waals surface area contributed by atoms with E-state index < -0.39 is 0 Å². The summed E-state index contributed by atoms with van der Waals surface area (Å²) in [5, 5.41) is 2.84. The van der Waals surface area contributed by atoms with E-state index in [1.165, 1.54) is 12.1 Å². The topological polar surface area (TPSA) is 61.0 Å². The lowest BCUT2D eigenvalue weighted by Crippen LogP contribution is -2.43. The molecule has 6 heteroatoms. The molecule has 0 radical (unpaired) electrons. The number of rotatable bonds is 5. The molecule has 0 bridgehead atoms. The van der Waals surface area contributed by atoms with Gasteiger partial charge in [-0.15, -0.1) is 0 Å². The van der Waals surface area contributed by atoms with Crippen molar-refractivity contribution in [2.75, 3.05) is 11.9 Å². The molecule has 4 rings (SSSR count). The second-order valence-electron chi connectivity index (χ2n) is 7.02. The number of H-pyrrole nitrogens is 1. The van der Waals surface area contributed by atoms with E-state index in [1.54, 1.807) is 12.1 Å². The predicted molar refractivity (Wildman–Crippen MR) is 104 cm³/mol. The van der Waals surface area contributed by atoms with Crippen molar-refractivity contribution >= 4 is 22.8 Å².